The van der Waals surface area contributed by atoms with Gasteiger partial charge in [-0.05, 0) is 54.8 Å². The fourth-order valence-corrected chi connectivity index (χ4v) is 5.13. The molecule has 1 N–H and O–H groups in total. The largest absolute Gasteiger partial charge is 0.376 e. The molecule has 1 aliphatic rings. The number of aromatic amines is 1. The Balaban J connectivity index is 1.72. The van der Waals surface area contributed by atoms with Crippen LogP contribution < -0.4 is 5.56 Å². The Bertz CT molecular complexity index is 1230. The van der Waals surface area contributed by atoms with Gasteiger partial charge in [0.1, 0.15) is 0 Å². The summed E-state index contributed by atoms with van der Waals surface area (Å²) < 4.78 is 39.2. The summed E-state index contributed by atoms with van der Waals surface area (Å²) >= 11 is 5.93. The van der Waals surface area contributed by atoms with E-state index >= 15 is 0 Å². The van der Waals surface area contributed by atoms with E-state index in [0.717, 1.165) is 10.9 Å². The number of pyridine rings is 1. The van der Waals surface area contributed by atoms with Crippen molar-refractivity contribution in [3.63, 3.8) is 0 Å². The molecule has 31 heavy (non-hydrogen) atoms. The highest BCUT2D eigenvalue weighted by Crippen LogP contribution is 2.22. The normalized spacial score (nSPS) is 17.3. The van der Waals surface area contributed by atoms with Crippen molar-refractivity contribution in [1.29, 1.82) is 0 Å². The van der Waals surface area contributed by atoms with Gasteiger partial charge in [0.05, 0.1) is 30.8 Å². The minimum absolute atomic E-state index is 0.0657. The van der Waals surface area contributed by atoms with Crippen molar-refractivity contribution in [1.82, 2.24) is 9.29 Å². The van der Waals surface area contributed by atoms with Crippen LogP contribution in [0, 0.1) is 6.92 Å². The number of nitrogens with zero attached hydrogens (tertiary/aromatic N) is 1. The predicted molar refractivity (Wildman–Crippen MR) is 119 cm³/mol. The maximum Gasteiger partial charge on any atom is 0.252 e. The van der Waals surface area contributed by atoms with Gasteiger partial charge >= 0.3 is 0 Å². The number of sulfonamides is 1. The Morgan fingerprint density at radius 1 is 1.13 bits per heavy atom. The monoisotopic (exact) mass is 462 g/mol. The van der Waals surface area contributed by atoms with Crippen molar-refractivity contribution in [2.75, 3.05) is 26.4 Å². The van der Waals surface area contributed by atoms with Gasteiger partial charge in [-0.3, -0.25) is 4.79 Å². The number of fused-ring (bicyclic) bond motifs is 1. The summed E-state index contributed by atoms with van der Waals surface area (Å²) in [5.41, 5.74) is 1.78. The molecule has 0 aliphatic carbocycles. The molecule has 2 heterocycles. The van der Waals surface area contributed by atoms with Gasteiger partial charge in [-0.2, -0.15) is 4.31 Å². The number of hydrogen-bond acceptors (Lipinski definition) is 5. The summed E-state index contributed by atoms with van der Waals surface area (Å²) in [5.74, 6) is 0. The quantitative estimate of drug-likeness (QED) is 0.608. The predicted octanol–water partition coefficient (Wildman–Crippen LogP) is 3.10. The van der Waals surface area contributed by atoms with E-state index in [4.69, 9.17) is 21.1 Å². The Kier molecular flexibility index (Phi) is 6.45. The third-order valence-electron chi connectivity index (χ3n) is 5.17. The number of H-pyrrole nitrogens is 1. The second-order valence-electron chi connectivity index (χ2n) is 7.53. The van der Waals surface area contributed by atoms with Crippen molar-refractivity contribution in [2.45, 2.75) is 24.5 Å². The lowest BCUT2D eigenvalue weighted by atomic mass is 10.1. The summed E-state index contributed by atoms with van der Waals surface area (Å²) in [6.07, 6.45) is -0.419. The van der Waals surface area contributed by atoms with Gasteiger partial charge in [0.15, 0.2) is 0 Å². The van der Waals surface area contributed by atoms with E-state index in [-0.39, 0.29) is 23.5 Å². The lowest BCUT2D eigenvalue weighted by Crippen LogP contribution is -2.43. The zero-order valence-corrected chi connectivity index (χ0v) is 18.6. The first-order valence-electron chi connectivity index (χ1n) is 9.90. The van der Waals surface area contributed by atoms with Gasteiger partial charge in [-0.15, -0.1) is 0 Å². The van der Waals surface area contributed by atoms with E-state index in [2.05, 4.69) is 4.98 Å². The molecule has 1 aliphatic heterocycles. The molecule has 2 aromatic carbocycles. The van der Waals surface area contributed by atoms with Crippen LogP contribution in [0.3, 0.4) is 0 Å². The van der Waals surface area contributed by atoms with Gasteiger partial charge in [-0.1, -0.05) is 23.2 Å². The second-order valence-corrected chi connectivity index (χ2v) is 9.91. The molecule has 1 aromatic heterocycles. The van der Waals surface area contributed by atoms with Crippen molar-refractivity contribution in [2.24, 2.45) is 0 Å². The van der Waals surface area contributed by atoms with Gasteiger partial charge in [0.2, 0.25) is 10.0 Å². The van der Waals surface area contributed by atoms with Crippen LogP contribution in [0.2, 0.25) is 5.02 Å². The molecule has 0 radical (unpaired) electrons. The smallest absolute Gasteiger partial charge is 0.252 e. The molecule has 0 saturated carbocycles. The minimum atomic E-state index is -3.91. The van der Waals surface area contributed by atoms with Crippen LogP contribution in [0.4, 0.5) is 0 Å². The highest BCUT2D eigenvalue weighted by molar-refractivity contribution is 7.89. The highest BCUT2D eigenvalue weighted by atomic mass is 35.5. The molecule has 1 fully saturated rings. The van der Waals surface area contributed by atoms with E-state index in [1.165, 1.54) is 28.6 Å². The molecular weight excluding hydrogens is 440 g/mol. The van der Waals surface area contributed by atoms with Crippen LogP contribution in [0.15, 0.2) is 58.2 Å². The van der Waals surface area contributed by atoms with Gasteiger partial charge in [0.25, 0.3) is 5.56 Å². The molecule has 0 bridgehead atoms. The van der Waals surface area contributed by atoms with Crippen molar-refractivity contribution in [3.8, 4) is 0 Å². The van der Waals surface area contributed by atoms with Crippen LogP contribution in [0.1, 0.15) is 11.1 Å². The van der Waals surface area contributed by atoms with Crippen LogP contribution >= 0.6 is 11.6 Å². The van der Waals surface area contributed by atoms with Gasteiger partial charge in [0, 0.05) is 29.2 Å². The van der Waals surface area contributed by atoms with E-state index in [1.54, 1.807) is 6.07 Å². The molecule has 1 atom stereocenters. The van der Waals surface area contributed by atoms with E-state index in [1.807, 2.05) is 25.1 Å². The molecule has 1 saturated heterocycles. The summed E-state index contributed by atoms with van der Waals surface area (Å²) in [6.45, 7) is 3.10. The fourth-order valence-electron chi connectivity index (χ4n) is 3.55. The molecule has 4 rings (SSSR count). The minimum Gasteiger partial charge on any atom is -0.376 e. The number of benzene rings is 2. The first kappa shape index (κ1) is 22.0. The summed E-state index contributed by atoms with van der Waals surface area (Å²) in [5, 5.41) is 1.28. The van der Waals surface area contributed by atoms with E-state index in [0.29, 0.717) is 35.9 Å². The van der Waals surface area contributed by atoms with Crippen LogP contribution in [0.25, 0.3) is 10.9 Å². The Morgan fingerprint density at radius 2 is 1.90 bits per heavy atom. The summed E-state index contributed by atoms with van der Waals surface area (Å²) in [6, 6.07) is 13.4. The number of aromatic nitrogens is 1. The average molecular weight is 463 g/mol. The molecule has 9 heteroatoms. The number of hydrogen-bond donors (Lipinski definition) is 1. The molecule has 0 amide bonds. The third kappa shape index (κ3) is 4.99. The number of halogens is 1. The van der Waals surface area contributed by atoms with Crippen LogP contribution in [0.5, 0.6) is 0 Å². The maximum atomic E-state index is 13.4. The van der Waals surface area contributed by atoms with E-state index in [9.17, 15) is 13.2 Å². The first-order valence-corrected chi connectivity index (χ1v) is 11.7. The number of nitrogens with one attached hydrogen (secondary N) is 1. The lowest BCUT2D eigenvalue weighted by Gasteiger charge is -2.29. The van der Waals surface area contributed by atoms with Crippen molar-refractivity contribution < 1.29 is 17.9 Å². The zero-order chi connectivity index (χ0) is 22.0. The highest BCUT2D eigenvalue weighted by Gasteiger charge is 2.29. The molecule has 0 spiro atoms. The summed E-state index contributed by atoms with van der Waals surface area (Å²) in [4.78, 5) is 15.6. The van der Waals surface area contributed by atoms with Crippen molar-refractivity contribution in [3.05, 3.63) is 75.0 Å². The standard InChI is InChI=1S/C22H23ClN2O5S/c1-15-2-7-21-16(10-15)11-17(22(26)24-21)12-25(13-19-14-29-8-9-30-19)31(27,28)20-5-3-18(23)4-6-20/h2-7,10-11,19H,8-9,12-14H2,1H3,(H,24,26). The maximum absolute atomic E-state index is 13.4. The van der Waals surface area contributed by atoms with Gasteiger partial charge < -0.3 is 14.5 Å². The molecule has 7 nitrogen and oxygen atoms in total. The molecule has 1 unspecified atom stereocenters. The molecule has 3 aromatic rings. The third-order valence-corrected chi connectivity index (χ3v) is 7.24. The zero-order valence-electron chi connectivity index (χ0n) is 17.0. The number of ether oxygens (including phenoxy) is 2. The Morgan fingerprint density at radius 3 is 2.61 bits per heavy atom. The van der Waals surface area contributed by atoms with Crippen molar-refractivity contribution >= 4 is 32.5 Å². The topological polar surface area (TPSA) is 88.7 Å². The number of aryl methyl sites for hydroxylation is 1. The second kappa shape index (κ2) is 9.10. The lowest BCUT2D eigenvalue weighted by molar-refractivity contribution is -0.0923. The van der Waals surface area contributed by atoms with Gasteiger partial charge in [-0.25, -0.2) is 8.42 Å². The molecular formula is C22H23ClN2O5S. The average Bonchev–Trinajstić information content (AvgIpc) is 2.75. The Hall–Kier alpha value is -2.23. The summed E-state index contributed by atoms with van der Waals surface area (Å²) in [7, 11) is -3.91. The number of rotatable bonds is 6. The Labute approximate surface area is 185 Å². The first-order chi connectivity index (χ1) is 14.8. The van der Waals surface area contributed by atoms with Crippen LogP contribution in [-0.2, 0) is 26.0 Å². The van der Waals surface area contributed by atoms with Crippen LogP contribution in [-0.4, -0.2) is 50.2 Å². The SMILES string of the molecule is Cc1ccc2[nH]c(=O)c(CN(CC3COCCO3)S(=O)(=O)c3ccc(Cl)cc3)cc2c1. The molecule has 164 valence electrons. The fraction of sp³-hybridized carbons (Fsp3) is 0.318. The van der Waals surface area contributed by atoms with E-state index < -0.39 is 16.1 Å².